The molecule has 1 aliphatic rings. The van der Waals surface area contributed by atoms with Crippen LogP contribution in [0.15, 0.2) is 24.3 Å². The van der Waals surface area contributed by atoms with Crippen molar-refractivity contribution in [1.82, 2.24) is 14.6 Å². The van der Waals surface area contributed by atoms with E-state index in [1.807, 2.05) is 25.1 Å². The van der Waals surface area contributed by atoms with Gasteiger partial charge in [-0.05, 0) is 25.5 Å². The lowest BCUT2D eigenvalue weighted by Crippen LogP contribution is -3.14. The minimum atomic E-state index is 0.000145. The molecule has 0 saturated carbocycles. The molecule has 0 aliphatic carbocycles. The molecule has 6 nitrogen and oxygen atoms in total. The van der Waals surface area contributed by atoms with Gasteiger partial charge in [-0.3, -0.25) is 0 Å². The average Bonchev–Trinajstić information content (AvgIpc) is 3.13. The van der Waals surface area contributed by atoms with Gasteiger partial charge in [-0.2, -0.15) is 4.52 Å². The van der Waals surface area contributed by atoms with Crippen molar-refractivity contribution in [3.8, 4) is 11.6 Å². The van der Waals surface area contributed by atoms with Gasteiger partial charge in [0.1, 0.15) is 16.5 Å². The highest BCUT2D eigenvalue weighted by Crippen LogP contribution is 2.38. The Kier molecular flexibility index (Phi) is 4.82. The van der Waals surface area contributed by atoms with Crippen molar-refractivity contribution < 1.29 is 14.7 Å². The maximum atomic E-state index is 11.0. The quantitative estimate of drug-likeness (QED) is 0.722. The van der Waals surface area contributed by atoms with E-state index in [1.165, 1.54) is 22.7 Å². The molecule has 1 aromatic carbocycles. The zero-order valence-corrected chi connectivity index (χ0v) is 17.1. The molecule has 4 atom stereocenters. The summed E-state index contributed by atoms with van der Waals surface area (Å²) < 4.78 is 7.24. The van der Waals surface area contributed by atoms with Gasteiger partial charge in [-0.15, -0.1) is 5.10 Å². The van der Waals surface area contributed by atoms with Crippen LogP contribution in [0.1, 0.15) is 42.6 Å². The van der Waals surface area contributed by atoms with Crippen molar-refractivity contribution in [2.45, 2.75) is 33.2 Å². The number of para-hydroxylation sites is 1. The van der Waals surface area contributed by atoms with Crippen molar-refractivity contribution in [1.29, 1.82) is 0 Å². The van der Waals surface area contributed by atoms with Crippen molar-refractivity contribution in [2.24, 2.45) is 11.8 Å². The zero-order valence-electron chi connectivity index (χ0n) is 16.3. The van der Waals surface area contributed by atoms with E-state index < -0.39 is 0 Å². The molecule has 3 heterocycles. The third-order valence-electron chi connectivity index (χ3n) is 5.45. The number of quaternary nitrogens is 1. The highest BCUT2D eigenvalue weighted by Gasteiger charge is 2.38. The number of aromatic nitrogens is 3. The number of methoxy groups -OCH3 is 1. The summed E-state index contributed by atoms with van der Waals surface area (Å²) in [5, 5.41) is 15.3. The summed E-state index contributed by atoms with van der Waals surface area (Å²) in [6, 6.07) is 8.14. The second-order valence-corrected chi connectivity index (χ2v) is 8.84. The topological polar surface area (TPSA) is 64.1 Å². The maximum absolute atomic E-state index is 11.0. The number of fused-ring (bicyclic) bond motifs is 1. The Labute approximate surface area is 163 Å². The Morgan fingerprint density at radius 2 is 1.96 bits per heavy atom. The summed E-state index contributed by atoms with van der Waals surface area (Å²) in [7, 11) is 1.71. The van der Waals surface area contributed by atoms with Crippen LogP contribution in [0.2, 0.25) is 0 Å². The second kappa shape index (κ2) is 7.13. The van der Waals surface area contributed by atoms with Gasteiger partial charge in [0.25, 0.3) is 0 Å². The highest BCUT2D eigenvalue weighted by atomic mass is 32.1. The van der Waals surface area contributed by atoms with Crippen molar-refractivity contribution >= 4 is 16.3 Å². The molecule has 144 valence electrons. The van der Waals surface area contributed by atoms with E-state index >= 15 is 0 Å². The fraction of sp³-hybridized carbons (Fsp3) is 0.500. The maximum Gasteiger partial charge on any atom is 0.235 e. The number of nitrogens with zero attached hydrogens (tertiary/aromatic N) is 3. The van der Waals surface area contributed by atoms with Gasteiger partial charge in [0.05, 0.1) is 25.8 Å². The van der Waals surface area contributed by atoms with E-state index in [0.717, 1.165) is 34.2 Å². The number of thiazole rings is 1. The summed E-state index contributed by atoms with van der Waals surface area (Å²) in [6.45, 7) is 8.62. The van der Waals surface area contributed by atoms with Gasteiger partial charge in [0, 0.05) is 11.8 Å². The van der Waals surface area contributed by atoms with Crippen LogP contribution in [0.5, 0.6) is 11.6 Å². The zero-order chi connectivity index (χ0) is 19.1. The van der Waals surface area contributed by atoms with Gasteiger partial charge in [0.2, 0.25) is 10.8 Å². The minimum absolute atomic E-state index is 0.000145. The molecule has 4 rings (SSSR count). The molecule has 2 N–H and O–H groups in total. The molecular weight excluding hydrogens is 360 g/mol. The smallest absolute Gasteiger partial charge is 0.235 e. The second-order valence-electron chi connectivity index (χ2n) is 7.83. The molecule has 1 aliphatic heterocycles. The van der Waals surface area contributed by atoms with E-state index in [0.29, 0.717) is 17.7 Å². The fourth-order valence-electron chi connectivity index (χ4n) is 4.56. The number of piperidine rings is 1. The molecule has 0 bridgehead atoms. The normalized spacial score (nSPS) is 24.2. The molecule has 0 radical (unpaired) electrons. The van der Waals surface area contributed by atoms with Crippen molar-refractivity contribution in [3.63, 3.8) is 0 Å². The molecule has 1 saturated heterocycles. The Balaban J connectivity index is 1.87. The Bertz CT molecular complexity index is 941. The number of ether oxygens (including phenoxy) is 1. The molecule has 27 heavy (non-hydrogen) atoms. The third kappa shape index (κ3) is 3.30. The monoisotopic (exact) mass is 387 g/mol. The summed E-state index contributed by atoms with van der Waals surface area (Å²) >= 11 is 1.53. The predicted octanol–water partition coefficient (Wildman–Crippen LogP) is 2.46. The van der Waals surface area contributed by atoms with Crippen LogP contribution in [-0.4, -0.2) is 39.9 Å². The van der Waals surface area contributed by atoms with Crippen LogP contribution in [0.3, 0.4) is 0 Å². The van der Waals surface area contributed by atoms with Crippen molar-refractivity contribution in [3.05, 3.63) is 40.5 Å². The van der Waals surface area contributed by atoms with E-state index in [-0.39, 0.29) is 11.9 Å². The minimum Gasteiger partial charge on any atom is -0.496 e. The molecular formula is C20H27N4O2S+. The van der Waals surface area contributed by atoms with E-state index in [9.17, 15) is 5.11 Å². The fourth-order valence-corrected chi connectivity index (χ4v) is 5.73. The van der Waals surface area contributed by atoms with Gasteiger partial charge < -0.3 is 14.7 Å². The van der Waals surface area contributed by atoms with Crippen LogP contribution < -0.4 is 9.64 Å². The first-order chi connectivity index (χ1) is 13.0. The van der Waals surface area contributed by atoms with Gasteiger partial charge >= 0.3 is 0 Å². The number of aryl methyl sites for hydroxylation is 1. The number of hydrogen-bond acceptors (Lipinski definition) is 5. The summed E-state index contributed by atoms with van der Waals surface area (Å²) in [6.07, 6.45) is 1.25. The number of aromatic hydroxyl groups is 1. The number of nitrogens with one attached hydrogen (secondary N) is 1. The lowest BCUT2D eigenvalue weighted by Gasteiger charge is -2.37. The van der Waals surface area contributed by atoms with E-state index in [1.54, 1.807) is 11.6 Å². The van der Waals surface area contributed by atoms with Gasteiger partial charge in [-0.1, -0.05) is 37.3 Å². The Hall–Kier alpha value is -2.12. The first-order valence-electron chi connectivity index (χ1n) is 9.50. The molecule has 0 amide bonds. The van der Waals surface area contributed by atoms with Gasteiger partial charge in [-0.25, -0.2) is 4.98 Å². The Morgan fingerprint density at radius 1 is 1.26 bits per heavy atom. The molecule has 7 heteroatoms. The third-order valence-corrected chi connectivity index (χ3v) is 6.54. The first-order valence-corrected chi connectivity index (χ1v) is 10.3. The van der Waals surface area contributed by atoms with E-state index in [4.69, 9.17) is 4.74 Å². The Morgan fingerprint density at radius 3 is 2.63 bits per heavy atom. The van der Waals surface area contributed by atoms with Crippen LogP contribution in [0.25, 0.3) is 4.96 Å². The number of rotatable bonds is 4. The number of benzene rings is 1. The van der Waals surface area contributed by atoms with Crippen LogP contribution in [0.4, 0.5) is 0 Å². The summed E-state index contributed by atoms with van der Waals surface area (Å²) in [4.78, 5) is 7.56. The predicted molar refractivity (Wildman–Crippen MR) is 106 cm³/mol. The molecule has 0 spiro atoms. The molecule has 2 aromatic heterocycles. The lowest BCUT2D eigenvalue weighted by molar-refractivity contribution is -0.936. The van der Waals surface area contributed by atoms with Crippen LogP contribution in [0, 0.1) is 18.8 Å². The molecule has 1 unspecified atom stereocenters. The lowest BCUT2D eigenvalue weighted by atomic mass is 9.89. The van der Waals surface area contributed by atoms with Gasteiger partial charge in [0.15, 0.2) is 6.04 Å². The SMILES string of the molecule is COc1ccccc1[C@H](c1sc2nc(C)nn2c1O)[NH+]1C[C@H](C)C[C@H](C)C1. The summed E-state index contributed by atoms with van der Waals surface area (Å²) in [5.41, 5.74) is 1.10. The first kappa shape index (κ1) is 18.3. The van der Waals surface area contributed by atoms with E-state index in [2.05, 4.69) is 30.0 Å². The number of likely N-dealkylation sites (tertiary alicyclic amines) is 1. The highest BCUT2D eigenvalue weighted by molar-refractivity contribution is 7.17. The average molecular weight is 388 g/mol. The largest absolute Gasteiger partial charge is 0.496 e. The molecule has 1 fully saturated rings. The standard InChI is InChI=1S/C20H26N4O2S/c1-12-9-13(2)11-23(10-12)17(15-7-5-6-8-16(15)26-4)18-19(25)24-20(27-18)21-14(3)22-24/h5-8,12-13,17,25H,9-11H2,1-4H3/p+1/t12-,13+,17-/m1/s1. The van der Waals surface area contributed by atoms with Crippen molar-refractivity contribution in [2.75, 3.05) is 20.2 Å². The van der Waals surface area contributed by atoms with Crippen LogP contribution >= 0.6 is 11.3 Å². The van der Waals surface area contributed by atoms with Crippen LogP contribution in [-0.2, 0) is 0 Å². The molecule has 3 aromatic rings. The number of hydrogen-bond donors (Lipinski definition) is 2. The summed E-state index contributed by atoms with van der Waals surface area (Å²) in [5.74, 6) is 3.02.